The molecule has 9 heteroatoms. The molecule has 7 nitrogen and oxygen atoms in total. The molecule has 2 aromatic carbocycles. The van der Waals surface area contributed by atoms with Crippen LogP contribution in [0, 0.1) is 0 Å². The molecule has 28 heavy (non-hydrogen) atoms. The number of fused-ring (bicyclic) bond motifs is 1. The van der Waals surface area contributed by atoms with Gasteiger partial charge in [0.1, 0.15) is 0 Å². The van der Waals surface area contributed by atoms with E-state index in [9.17, 15) is 18.0 Å². The van der Waals surface area contributed by atoms with Gasteiger partial charge in [0.05, 0.1) is 10.6 Å². The Balaban J connectivity index is 1.88. The van der Waals surface area contributed by atoms with Gasteiger partial charge < -0.3 is 10.2 Å². The number of nitrogens with one attached hydrogen (secondary N) is 2. The van der Waals surface area contributed by atoms with E-state index < -0.39 is 10.0 Å². The summed E-state index contributed by atoms with van der Waals surface area (Å²) < 4.78 is 28.2. The minimum absolute atomic E-state index is 0.0888. The van der Waals surface area contributed by atoms with Gasteiger partial charge in [0, 0.05) is 36.7 Å². The Labute approximate surface area is 168 Å². The van der Waals surface area contributed by atoms with E-state index in [2.05, 4.69) is 10.0 Å². The van der Waals surface area contributed by atoms with Crippen LogP contribution >= 0.6 is 11.8 Å². The Morgan fingerprint density at radius 3 is 2.36 bits per heavy atom. The predicted octanol–water partition coefficient (Wildman–Crippen LogP) is 3.29. The van der Waals surface area contributed by atoms with E-state index >= 15 is 0 Å². The van der Waals surface area contributed by atoms with Crippen LogP contribution in [0.3, 0.4) is 0 Å². The molecule has 1 heterocycles. The molecule has 0 aromatic heterocycles. The Kier molecular flexibility index (Phi) is 5.95. The molecule has 1 aliphatic heterocycles. The molecule has 2 amide bonds. The lowest BCUT2D eigenvalue weighted by Crippen LogP contribution is -2.29. The molecule has 148 valence electrons. The van der Waals surface area contributed by atoms with E-state index in [1.54, 1.807) is 59.1 Å². The highest BCUT2D eigenvalue weighted by molar-refractivity contribution is 7.99. The van der Waals surface area contributed by atoms with Crippen molar-refractivity contribution < 1.29 is 18.0 Å². The van der Waals surface area contributed by atoms with E-state index in [0.29, 0.717) is 23.6 Å². The van der Waals surface area contributed by atoms with Gasteiger partial charge in [0.25, 0.3) is 10.0 Å². The summed E-state index contributed by atoms with van der Waals surface area (Å²) in [5.74, 6) is 0.563. The fourth-order valence-electron chi connectivity index (χ4n) is 2.89. The maximum absolute atomic E-state index is 12.8. The maximum Gasteiger partial charge on any atom is 0.261 e. The number of rotatable bonds is 4. The number of anilines is 3. The van der Waals surface area contributed by atoms with Crippen LogP contribution in [0.2, 0.25) is 0 Å². The van der Waals surface area contributed by atoms with Gasteiger partial charge in [-0.15, -0.1) is 11.8 Å². The Morgan fingerprint density at radius 2 is 1.71 bits per heavy atom. The van der Waals surface area contributed by atoms with Gasteiger partial charge in [0.15, 0.2) is 0 Å². The summed E-state index contributed by atoms with van der Waals surface area (Å²) >= 11 is 1.62. The molecule has 0 saturated heterocycles. The first kappa shape index (κ1) is 20.2. The Bertz CT molecular complexity index is 1000. The Morgan fingerprint density at radius 1 is 1.04 bits per heavy atom. The van der Waals surface area contributed by atoms with Crippen molar-refractivity contribution in [3.63, 3.8) is 0 Å². The van der Waals surface area contributed by atoms with Crippen molar-refractivity contribution in [2.75, 3.05) is 27.2 Å². The number of benzene rings is 2. The highest BCUT2D eigenvalue weighted by Crippen LogP contribution is 2.36. The number of carbonyl (C=O) groups excluding carboxylic acids is 2. The normalized spacial score (nSPS) is 14.0. The molecule has 0 atom stereocenters. The van der Waals surface area contributed by atoms with Crippen molar-refractivity contribution in [2.24, 2.45) is 0 Å². The number of nitrogens with zero attached hydrogens (tertiary/aromatic N) is 1. The molecule has 0 unspecified atom stereocenters. The van der Waals surface area contributed by atoms with Crippen molar-refractivity contribution in [1.82, 2.24) is 0 Å². The second kappa shape index (κ2) is 8.24. The van der Waals surface area contributed by atoms with Gasteiger partial charge in [-0.25, -0.2) is 8.42 Å². The van der Waals surface area contributed by atoms with Gasteiger partial charge in [-0.3, -0.25) is 14.3 Å². The summed E-state index contributed by atoms with van der Waals surface area (Å²) in [4.78, 5) is 25.7. The summed E-state index contributed by atoms with van der Waals surface area (Å²) in [6.07, 6.45) is 0.847. The zero-order chi connectivity index (χ0) is 20.3. The van der Waals surface area contributed by atoms with E-state index in [-0.39, 0.29) is 16.7 Å². The van der Waals surface area contributed by atoms with E-state index in [1.165, 1.54) is 13.8 Å². The zero-order valence-electron chi connectivity index (χ0n) is 15.6. The second-order valence-electron chi connectivity index (χ2n) is 6.37. The molecule has 0 radical (unpaired) electrons. The fourth-order valence-corrected chi connectivity index (χ4v) is 4.94. The van der Waals surface area contributed by atoms with E-state index in [4.69, 9.17) is 0 Å². The second-order valence-corrected chi connectivity index (χ2v) is 9.19. The van der Waals surface area contributed by atoms with E-state index in [1.807, 2.05) is 0 Å². The number of hydrogen-bond donors (Lipinski definition) is 2. The van der Waals surface area contributed by atoms with Crippen LogP contribution in [0.1, 0.15) is 20.3 Å². The van der Waals surface area contributed by atoms with Crippen LogP contribution in [0.25, 0.3) is 0 Å². The standard InChI is InChI=1S/C19H21N3O4S2/c1-13(23)20-15-4-6-16(7-5-15)21-28(25,26)17-8-9-19-18(12-17)22(14(2)24)10-3-11-27-19/h4-9,12,21H,3,10-11H2,1-2H3,(H,20,23). The first-order chi connectivity index (χ1) is 13.3. The molecule has 0 saturated carbocycles. The van der Waals surface area contributed by atoms with Crippen molar-refractivity contribution >= 4 is 50.7 Å². The van der Waals surface area contributed by atoms with Crippen LogP contribution in [0.4, 0.5) is 17.1 Å². The number of carbonyl (C=O) groups is 2. The molecule has 2 N–H and O–H groups in total. The molecule has 0 bridgehead atoms. The summed E-state index contributed by atoms with van der Waals surface area (Å²) in [6, 6.07) is 11.2. The quantitative estimate of drug-likeness (QED) is 0.793. The number of amides is 2. The predicted molar refractivity (Wildman–Crippen MR) is 111 cm³/mol. The average molecular weight is 420 g/mol. The Hall–Kier alpha value is -2.52. The molecular formula is C19H21N3O4S2. The molecule has 3 rings (SSSR count). The first-order valence-corrected chi connectivity index (χ1v) is 11.2. The molecule has 0 aliphatic carbocycles. The smallest absolute Gasteiger partial charge is 0.261 e. The maximum atomic E-state index is 12.8. The number of thioether (sulfide) groups is 1. The lowest BCUT2D eigenvalue weighted by atomic mass is 10.2. The largest absolute Gasteiger partial charge is 0.326 e. The zero-order valence-corrected chi connectivity index (χ0v) is 17.2. The van der Waals surface area contributed by atoms with Gasteiger partial charge >= 0.3 is 0 Å². The first-order valence-electron chi connectivity index (χ1n) is 8.72. The molecule has 0 spiro atoms. The summed E-state index contributed by atoms with van der Waals surface area (Å²) in [5, 5.41) is 2.63. The highest BCUT2D eigenvalue weighted by atomic mass is 32.2. The number of hydrogen-bond acceptors (Lipinski definition) is 5. The molecular weight excluding hydrogens is 398 g/mol. The molecule has 2 aromatic rings. The monoisotopic (exact) mass is 419 g/mol. The minimum atomic E-state index is -3.83. The minimum Gasteiger partial charge on any atom is -0.326 e. The van der Waals surface area contributed by atoms with Gasteiger partial charge in [-0.05, 0) is 54.6 Å². The summed E-state index contributed by atoms with van der Waals surface area (Å²) in [7, 11) is -3.83. The lowest BCUT2D eigenvalue weighted by Gasteiger charge is -2.21. The summed E-state index contributed by atoms with van der Waals surface area (Å²) in [6.45, 7) is 3.45. The van der Waals surface area contributed by atoms with Crippen LogP contribution < -0.4 is 14.9 Å². The topological polar surface area (TPSA) is 95.6 Å². The van der Waals surface area contributed by atoms with Gasteiger partial charge in [-0.1, -0.05) is 0 Å². The molecule has 0 fully saturated rings. The number of sulfonamides is 1. The third kappa shape index (κ3) is 4.66. The average Bonchev–Trinajstić information content (AvgIpc) is 2.84. The van der Waals surface area contributed by atoms with Crippen molar-refractivity contribution in [3.05, 3.63) is 42.5 Å². The van der Waals surface area contributed by atoms with Crippen molar-refractivity contribution in [3.8, 4) is 0 Å². The van der Waals surface area contributed by atoms with Crippen molar-refractivity contribution in [2.45, 2.75) is 30.1 Å². The van der Waals surface area contributed by atoms with Crippen LogP contribution in [0.5, 0.6) is 0 Å². The molecule has 1 aliphatic rings. The van der Waals surface area contributed by atoms with Crippen LogP contribution in [-0.2, 0) is 19.6 Å². The SMILES string of the molecule is CC(=O)Nc1ccc(NS(=O)(=O)c2ccc3c(c2)N(C(C)=O)CCCS3)cc1. The van der Waals surface area contributed by atoms with Crippen molar-refractivity contribution in [1.29, 1.82) is 0 Å². The fraction of sp³-hybridized carbons (Fsp3) is 0.263. The van der Waals surface area contributed by atoms with E-state index in [0.717, 1.165) is 17.1 Å². The third-order valence-electron chi connectivity index (χ3n) is 4.15. The van der Waals surface area contributed by atoms with Crippen LogP contribution in [0.15, 0.2) is 52.3 Å². The summed E-state index contributed by atoms with van der Waals surface area (Å²) in [5.41, 5.74) is 1.58. The highest BCUT2D eigenvalue weighted by Gasteiger charge is 2.23. The van der Waals surface area contributed by atoms with Gasteiger partial charge in [0.2, 0.25) is 11.8 Å². The lowest BCUT2D eigenvalue weighted by molar-refractivity contribution is -0.116. The third-order valence-corrected chi connectivity index (χ3v) is 6.68. The van der Waals surface area contributed by atoms with Gasteiger partial charge in [-0.2, -0.15) is 0 Å². The van der Waals surface area contributed by atoms with Crippen LogP contribution in [-0.4, -0.2) is 32.5 Å².